The van der Waals surface area contributed by atoms with Crippen LogP contribution in [0, 0.1) is 0 Å². The van der Waals surface area contributed by atoms with Crippen LogP contribution in [0.1, 0.15) is 181 Å². The minimum atomic E-state index is -5.32. The van der Waals surface area contributed by atoms with Crippen LogP contribution in [0.5, 0.6) is 11.5 Å². The number of carbonyl (C=O) groups excluding carboxylic acids is 6. The number of benzene rings is 3. The first kappa shape index (κ1) is 98.3. The monoisotopic (exact) mass is 1820 g/mol. The van der Waals surface area contributed by atoms with Crippen molar-refractivity contribution in [2.45, 2.75) is 270 Å². The number of ether oxygens (including phenoxy) is 12. The topological polar surface area (TPSA) is 302 Å². The summed E-state index contributed by atoms with van der Waals surface area (Å²) in [5, 5.41) is 17.4. The molecule has 11 atom stereocenters. The molecule has 2 aliphatic heterocycles. The summed E-state index contributed by atoms with van der Waals surface area (Å²) in [5.41, 5.74) is -1.40. The Hall–Kier alpha value is -3.25. The molecule has 2 heterocycles. The van der Waals surface area contributed by atoms with Crippen molar-refractivity contribution < 1.29 is 109 Å². The zero-order chi connectivity index (χ0) is 81.7. The van der Waals surface area contributed by atoms with Crippen LogP contribution < -0.4 is 19.7 Å². The Balaban J connectivity index is 1.69. The first-order valence-electron chi connectivity index (χ1n) is 36.7. The quantitative estimate of drug-likeness (QED) is 0.0156. The minimum Gasteiger partial charge on any atom is -0.462 e. The Morgan fingerprint density at radius 1 is 0.495 bits per heavy atom. The summed E-state index contributed by atoms with van der Waals surface area (Å²) in [5.74, 6) is -1.95. The Morgan fingerprint density at radius 3 is 1.42 bits per heavy atom. The lowest BCUT2D eigenvalue weighted by atomic mass is 9.95. The Kier molecular flexibility index (Phi) is 44.7. The average Bonchev–Trinajstić information content (AvgIpc) is 0.771. The standard InChI is InChI=1S/C73H99Cl12N2O23P/c1-5-7-9-11-13-15-16-18-20-22-33-41-55(88)102-52(40-28-21-19-17-14-12-10-8-6-2)42-56(89)105-62-58(87-66(92)100-47-71(77,78)79)64(104-54(45-98-68(94)107-69(3,4)73(83,84)85)60(62)110-111(95,108-50-36-29-24-30-37-50)109-51-38-31-25-32-39-51)97-44-53-59(90)61(106-67(93)101-48-72(80,81)82)57(86-65(91)99-46-70(74,75)76)63(103-53)96-43-49-34-26-23-27-35-49/h23-27,29-32,34-39,52-54,57-64,90H,5-22,28,33,40-48H2,1-4H3,(H,86,91)(H,87,92)/t52-,53-,54-,57-,58-,59-,60-,61-,62-,63-,64-/m1/s1. The summed E-state index contributed by atoms with van der Waals surface area (Å²) >= 11 is 72.5. The number of aliphatic hydroxyl groups is 1. The van der Waals surface area contributed by atoms with Crippen LogP contribution in [0.4, 0.5) is 19.2 Å². The highest BCUT2D eigenvalue weighted by atomic mass is 35.6. The molecule has 2 saturated heterocycles. The van der Waals surface area contributed by atoms with E-state index in [-0.39, 0.29) is 30.9 Å². The molecule has 0 spiro atoms. The zero-order valence-corrected chi connectivity index (χ0v) is 71.9. The Bertz CT molecular complexity index is 3210. The zero-order valence-electron chi connectivity index (χ0n) is 61.9. The van der Waals surface area contributed by atoms with Crippen molar-refractivity contribution in [3.63, 3.8) is 0 Å². The van der Waals surface area contributed by atoms with Crippen molar-refractivity contribution in [2.24, 2.45) is 0 Å². The van der Waals surface area contributed by atoms with Crippen LogP contribution in [0.3, 0.4) is 0 Å². The average molecular weight is 1830 g/mol. The van der Waals surface area contributed by atoms with E-state index in [2.05, 4.69) is 24.5 Å². The first-order valence-corrected chi connectivity index (χ1v) is 42.7. The van der Waals surface area contributed by atoms with Crippen molar-refractivity contribution in [3.05, 3.63) is 96.6 Å². The number of para-hydroxylation sites is 2. The normalized spacial score (nSPS) is 20.7. The summed E-state index contributed by atoms with van der Waals surface area (Å²) in [6.07, 6.45) is -4.04. The third-order valence-corrected chi connectivity index (χ3v) is 20.7. The molecule has 0 unspecified atom stereocenters. The molecule has 0 aromatic heterocycles. The van der Waals surface area contributed by atoms with Crippen molar-refractivity contribution in [2.75, 3.05) is 33.0 Å². The number of hydrogen-bond acceptors (Lipinski definition) is 23. The lowest BCUT2D eigenvalue weighted by molar-refractivity contribution is -0.305. The second kappa shape index (κ2) is 50.5. The highest BCUT2D eigenvalue weighted by Gasteiger charge is 2.57. The van der Waals surface area contributed by atoms with E-state index in [0.29, 0.717) is 24.8 Å². The van der Waals surface area contributed by atoms with E-state index >= 15 is 9.36 Å². The highest BCUT2D eigenvalue weighted by Crippen LogP contribution is 2.53. The van der Waals surface area contributed by atoms with Crippen LogP contribution in [0.15, 0.2) is 91.0 Å². The number of unbranched alkanes of at least 4 members (excludes halogenated alkanes) is 18. The summed E-state index contributed by atoms with van der Waals surface area (Å²) < 4.78 is 96.5. The van der Waals surface area contributed by atoms with Crippen molar-refractivity contribution in [3.8, 4) is 11.5 Å². The number of alkyl halides is 12. The Labute approximate surface area is 708 Å². The van der Waals surface area contributed by atoms with Crippen LogP contribution in [-0.2, 0) is 82.1 Å². The van der Waals surface area contributed by atoms with Crippen molar-refractivity contribution in [1.82, 2.24) is 10.6 Å². The van der Waals surface area contributed by atoms with Gasteiger partial charge < -0.3 is 81.6 Å². The van der Waals surface area contributed by atoms with Gasteiger partial charge in [-0.1, -0.05) is 335 Å². The van der Waals surface area contributed by atoms with Gasteiger partial charge in [0.05, 0.1) is 19.6 Å². The van der Waals surface area contributed by atoms with E-state index in [4.69, 9.17) is 210 Å². The van der Waals surface area contributed by atoms with E-state index < -0.39 is 172 Å². The summed E-state index contributed by atoms with van der Waals surface area (Å²) in [4.78, 5) is 85.0. The molecule has 628 valence electrons. The number of rotatable bonds is 47. The molecule has 25 nitrogen and oxygen atoms in total. The number of hydrogen-bond donors (Lipinski definition) is 3. The molecule has 111 heavy (non-hydrogen) atoms. The first-order chi connectivity index (χ1) is 52.5. The van der Waals surface area contributed by atoms with Gasteiger partial charge in [0.1, 0.15) is 80.5 Å². The molecule has 2 aliphatic rings. The van der Waals surface area contributed by atoms with Gasteiger partial charge in [0.2, 0.25) is 15.2 Å². The van der Waals surface area contributed by atoms with Gasteiger partial charge in [0, 0.05) is 6.42 Å². The van der Waals surface area contributed by atoms with Crippen LogP contribution in [0.2, 0.25) is 0 Å². The van der Waals surface area contributed by atoms with Gasteiger partial charge in [-0.25, -0.2) is 23.7 Å². The smallest absolute Gasteiger partial charge is 0.462 e. The summed E-state index contributed by atoms with van der Waals surface area (Å²) in [7, 11) is -5.32. The van der Waals surface area contributed by atoms with Crippen molar-refractivity contribution in [1.29, 1.82) is 0 Å². The fraction of sp³-hybridized carbons (Fsp3) is 0.671. The molecule has 3 N–H and O–H groups in total. The summed E-state index contributed by atoms with van der Waals surface area (Å²) in [6, 6.07) is 19.6. The molecule has 0 bridgehead atoms. The number of amides is 2. The van der Waals surface area contributed by atoms with E-state index in [1.807, 2.05) is 0 Å². The third-order valence-electron chi connectivity index (χ3n) is 17.0. The predicted molar refractivity (Wildman–Crippen MR) is 425 cm³/mol. The molecular formula is C73H99Cl12N2O23P. The van der Waals surface area contributed by atoms with E-state index in [1.54, 1.807) is 42.5 Å². The van der Waals surface area contributed by atoms with Crippen LogP contribution >= 0.6 is 147 Å². The molecule has 38 heteroatoms. The number of aliphatic hydroxyl groups excluding tert-OH is 1. The maximum absolute atomic E-state index is 15.9. The number of phosphoric ester groups is 1. The molecule has 0 saturated carbocycles. The lowest BCUT2D eigenvalue weighted by Gasteiger charge is -2.47. The van der Waals surface area contributed by atoms with Gasteiger partial charge in [-0.3, -0.25) is 14.1 Å². The second-order valence-electron chi connectivity index (χ2n) is 26.8. The number of nitrogens with one attached hydrogen (secondary N) is 2. The maximum Gasteiger partial charge on any atom is 0.588 e. The SMILES string of the molecule is CCCCCCCCCCCCCC(=O)O[C@H](CCCCCCCCCCC)CC(=O)O[C@@H]1[C@@H](NC(=O)OCC(Cl)(Cl)Cl)[C@H](OC[C@H]2O[C@@H](OCc3ccccc3)[C@H](NC(=O)OCC(Cl)(Cl)Cl)[C@@H](OC(=O)OCC(Cl)(Cl)Cl)[C@@H]2O)O[C@H](COC(=O)OC(C)(C)C(Cl)(Cl)Cl)[C@H]1OP(=O)(Oc1ccccc1)Oc1ccccc1. The molecular weight excluding hydrogens is 1730 g/mol. The van der Waals surface area contributed by atoms with Crippen LogP contribution in [-0.4, -0.2) is 163 Å². The van der Waals surface area contributed by atoms with Gasteiger partial charge in [-0.15, -0.1) is 0 Å². The molecule has 5 rings (SSSR count). The molecule has 0 radical (unpaired) electrons. The van der Waals surface area contributed by atoms with E-state index in [1.165, 1.54) is 94.5 Å². The number of esters is 2. The van der Waals surface area contributed by atoms with Gasteiger partial charge in [0.15, 0.2) is 30.4 Å². The highest BCUT2D eigenvalue weighted by molar-refractivity contribution is 7.49. The second-order valence-corrected chi connectivity index (χ2v) is 38.1. The third kappa shape index (κ3) is 40.2. The maximum atomic E-state index is 15.9. The number of halogens is 12. The number of phosphoric acid groups is 1. The van der Waals surface area contributed by atoms with Gasteiger partial charge in [-0.2, -0.15) is 0 Å². The number of carbonyl (C=O) groups is 6. The predicted octanol–water partition coefficient (Wildman–Crippen LogP) is 20.6. The summed E-state index contributed by atoms with van der Waals surface area (Å²) in [6.45, 7) is 1.77. The van der Waals surface area contributed by atoms with Gasteiger partial charge >= 0.3 is 44.3 Å². The molecule has 3 aromatic carbocycles. The minimum absolute atomic E-state index is 0.0353. The molecule has 2 fully saturated rings. The lowest BCUT2D eigenvalue weighted by Crippen LogP contribution is -2.68. The molecule has 3 aromatic rings. The van der Waals surface area contributed by atoms with Crippen molar-refractivity contribution >= 4 is 183 Å². The fourth-order valence-electron chi connectivity index (χ4n) is 11.3. The van der Waals surface area contributed by atoms with E-state index in [9.17, 15) is 29.1 Å². The molecule has 2 amide bonds. The number of alkyl carbamates (subject to hydrolysis) is 2. The van der Waals surface area contributed by atoms with Gasteiger partial charge in [0.25, 0.3) is 0 Å². The Morgan fingerprint density at radius 2 is 0.937 bits per heavy atom. The van der Waals surface area contributed by atoms with E-state index in [0.717, 1.165) is 77.0 Å². The van der Waals surface area contributed by atoms with Crippen LogP contribution in [0.25, 0.3) is 0 Å². The largest absolute Gasteiger partial charge is 0.588 e. The fourth-order valence-corrected chi connectivity index (χ4v) is 13.3. The van der Waals surface area contributed by atoms with Gasteiger partial charge in [-0.05, 0) is 62.9 Å². The molecule has 0 aliphatic carbocycles.